The van der Waals surface area contributed by atoms with Crippen LogP contribution in [0.1, 0.15) is 34.1 Å². The monoisotopic (exact) mass is 368 g/mol. The number of hydrogen-bond acceptors (Lipinski definition) is 7. The van der Waals surface area contributed by atoms with Crippen LogP contribution in [-0.4, -0.2) is 77.4 Å². The van der Waals surface area contributed by atoms with Crippen LogP contribution in [0.3, 0.4) is 0 Å². The molecule has 2 fully saturated rings. The molecule has 0 spiro atoms. The molecule has 1 unspecified atom stereocenters. The number of morpholine rings is 1. The van der Waals surface area contributed by atoms with Crippen LogP contribution in [0, 0.1) is 0 Å². The molecule has 7 nitrogen and oxygen atoms in total. The highest BCUT2D eigenvalue weighted by Gasteiger charge is 2.33. The number of anilines is 2. The van der Waals surface area contributed by atoms with E-state index >= 15 is 0 Å². The number of halogens is 1. The molecule has 0 radical (unpaired) electrons. The molecule has 0 N–H and O–H groups in total. The zero-order chi connectivity index (χ0) is 18.0. The number of aromatic nitrogens is 3. The van der Waals surface area contributed by atoms with Crippen LogP contribution in [-0.2, 0) is 4.74 Å². The summed E-state index contributed by atoms with van der Waals surface area (Å²) in [6.45, 7) is 14.8. The van der Waals surface area contributed by atoms with Gasteiger partial charge in [0, 0.05) is 38.8 Å². The molecule has 0 amide bonds. The quantitative estimate of drug-likeness (QED) is 0.806. The van der Waals surface area contributed by atoms with Crippen LogP contribution < -0.4 is 9.80 Å². The lowest BCUT2D eigenvalue weighted by Gasteiger charge is -2.42. The molecule has 2 aliphatic rings. The molecule has 2 saturated heterocycles. The Bertz CT molecular complexity index is 591. The average molecular weight is 369 g/mol. The van der Waals surface area contributed by atoms with Crippen molar-refractivity contribution in [2.45, 2.75) is 45.7 Å². The van der Waals surface area contributed by atoms with Crippen LogP contribution in [0.4, 0.5) is 11.9 Å². The van der Waals surface area contributed by atoms with Gasteiger partial charge in [0.1, 0.15) is 0 Å². The van der Waals surface area contributed by atoms with Crippen LogP contribution in [0.5, 0.6) is 0 Å². The first-order valence-electron chi connectivity index (χ1n) is 9.16. The molecule has 1 aromatic rings. The number of piperazine rings is 1. The standard InChI is InChI=1S/C17H29ClN6O/c1-5-13(2)22-6-8-23(9-7-22)15-19-14(18)20-16(21-15)24-10-11-25-12-17(24,3)4/h13H,5-12H2,1-4H3. The number of rotatable bonds is 4. The van der Waals surface area contributed by atoms with E-state index in [1.54, 1.807) is 0 Å². The van der Waals surface area contributed by atoms with Gasteiger partial charge in [0.25, 0.3) is 0 Å². The number of nitrogens with zero attached hydrogens (tertiary/aromatic N) is 6. The smallest absolute Gasteiger partial charge is 0.232 e. The summed E-state index contributed by atoms with van der Waals surface area (Å²) in [6.07, 6.45) is 1.17. The normalized spacial score (nSPS) is 22.9. The van der Waals surface area contributed by atoms with Crippen LogP contribution in [0.2, 0.25) is 5.28 Å². The molecule has 140 valence electrons. The van der Waals surface area contributed by atoms with E-state index in [1.165, 1.54) is 6.42 Å². The van der Waals surface area contributed by atoms with Gasteiger partial charge in [0.05, 0.1) is 18.8 Å². The van der Waals surface area contributed by atoms with Gasteiger partial charge in [-0.05, 0) is 38.8 Å². The Kier molecular flexibility index (Phi) is 5.65. The zero-order valence-electron chi connectivity index (χ0n) is 15.7. The summed E-state index contributed by atoms with van der Waals surface area (Å²) in [5.41, 5.74) is -0.157. The van der Waals surface area contributed by atoms with E-state index in [4.69, 9.17) is 21.3 Å². The van der Waals surface area contributed by atoms with Gasteiger partial charge in [0.15, 0.2) is 0 Å². The van der Waals surface area contributed by atoms with Gasteiger partial charge < -0.3 is 14.5 Å². The Morgan fingerprint density at radius 1 is 1.08 bits per heavy atom. The maximum absolute atomic E-state index is 6.23. The Morgan fingerprint density at radius 3 is 2.40 bits per heavy atom. The second kappa shape index (κ2) is 7.60. The van der Waals surface area contributed by atoms with Crippen LogP contribution >= 0.6 is 11.6 Å². The Labute approximate surface area is 155 Å². The van der Waals surface area contributed by atoms with Gasteiger partial charge in [-0.3, -0.25) is 4.90 Å². The van der Waals surface area contributed by atoms with Crippen LogP contribution in [0.25, 0.3) is 0 Å². The first-order valence-corrected chi connectivity index (χ1v) is 9.54. The van der Waals surface area contributed by atoms with E-state index in [1.807, 2.05) is 0 Å². The van der Waals surface area contributed by atoms with Crippen molar-refractivity contribution in [3.05, 3.63) is 5.28 Å². The third-order valence-corrected chi connectivity index (χ3v) is 5.45. The fourth-order valence-electron chi connectivity index (χ4n) is 3.44. The first kappa shape index (κ1) is 18.6. The fraction of sp³-hybridized carbons (Fsp3) is 0.824. The summed E-state index contributed by atoms with van der Waals surface area (Å²) in [5, 5.41) is 0.256. The summed E-state index contributed by atoms with van der Waals surface area (Å²) < 4.78 is 5.60. The predicted molar refractivity (Wildman–Crippen MR) is 101 cm³/mol. The molecule has 0 saturated carbocycles. The van der Waals surface area contributed by atoms with E-state index in [9.17, 15) is 0 Å². The lowest BCUT2D eigenvalue weighted by Crippen LogP contribution is -2.54. The lowest BCUT2D eigenvalue weighted by atomic mass is 10.0. The lowest BCUT2D eigenvalue weighted by molar-refractivity contribution is 0.0633. The van der Waals surface area contributed by atoms with Crippen molar-refractivity contribution >= 4 is 23.5 Å². The maximum Gasteiger partial charge on any atom is 0.232 e. The molecule has 2 aliphatic heterocycles. The van der Waals surface area contributed by atoms with E-state index < -0.39 is 0 Å². The molecule has 1 atom stereocenters. The number of hydrogen-bond donors (Lipinski definition) is 0. The van der Waals surface area contributed by atoms with Crippen molar-refractivity contribution in [3.63, 3.8) is 0 Å². The second-order valence-corrected chi connectivity index (χ2v) is 7.84. The predicted octanol–water partition coefficient (Wildman–Crippen LogP) is 2.06. The second-order valence-electron chi connectivity index (χ2n) is 7.50. The Hall–Kier alpha value is -1.18. The third kappa shape index (κ3) is 4.15. The van der Waals surface area contributed by atoms with Crippen molar-refractivity contribution in [2.24, 2.45) is 0 Å². The van der Waals surface area contributed by atoms with Gasteiger partial charge in [-0.15, -0.1) is 0 Å². The molecule has 0 bridgehead atoms. The van der Waals surface area contributed by atoms with Crippen molar-refractivity contribution < 1.29 is 4.74 Å². The Morgan fingerprint density at radius 2 is 1.76 bits per heavy atom. The van der Waals surface area contributed by atoms with Crippen molar-refractivity contribution in [2.75, 3.05) is 55.7 Å². The largest absolute Gasteiger partial charge is 0.377 e. The minimum atomic E-state index is -0.157. The van der Waals surface area contributed by atoms with E-state index in [0.29, 0.717) is 31.2 Å². The highest BCUT2D eigenvalue weighted by molar-refractivity contribution is 6.28. The van der Waals surface area contributed by atoms with E-state index in [-0.39, 0.29) is 10.8 Å². The minimum absolute atomic E-state index is 0.157. The molecular formula is C17H29ClN6O. The van der Waals surface area contributed by atoms with Gasteiger partial charge in [-0.25, -0.2) is 0 Å². The zero-order valence-corrected chi connectivity index (χ0v) is 16.5. The maximum atomic E-state index is 6.23. The fourth-order valence-corrected chi connectivity index (χ4v) is 3.59. The van der Waals surface area contributed by atoms with Crippen LogP contribution in [0.15, 0.2) is 0 Å². The highest BCUT2D eigenvalue weighted by atomic mass is 35.5. The summed E-state index contributed by atoms with van der Waals surface area (Å²) >= 11 is 6.23. The van der Waals surface area contributed by atoms with Crippen molar-refractivity contribution in [1.29, 1.82) is 0 Å². The van der Waals surface area contributed by atoms with E-state index in [0.717, 1.165) is 32.7 Å². The molecule has 1 aromatic heterocycles. The SMILES string of the molecule is CCC(C)N1CCN(c2nc(Cl)nc(N3CCOCC3(C)C)n2)CC1. The van der Waals surface area contributed by atoms with Crippen molar-refractivity contribution in [3.8, 4) is 0 Å². The van der Waals surface area contributed by atoms with Gasteiger partial charge in [0.2, 0.25) is 17.2 Å². The number of ether oxygens (including phenoxy) is 1. The first-order chi connectivity index (χ1) is 11.9. The molecular weight excluding hydrogens is 340 g/mol. The summed E-state index contributed by atoms with van der Waals surface area (Å²) in [6, 6.07) is 0.619. The molecule has 0 aromatic carbocycles. The van der Waals surface area contributed by atoms with E-state index in [2.05, 4.69) is 52.4 Å². The highest BCUT2D eigenvalue weighted by Crippen LogP contribution is 2.26. The Balaban J connectivity index is 1.76. The summed E-state index contributed by atoms with van der Waals surface area (Å²) in [4.78, 5) is 20.4. The van der Waals surface area contributed by atoms with Crippen molar-refractivity contribution in [1.82, 2.24) is 19.9 Å². The molecule has 3 rings (SSSR count). The molecule has 0 aliphatic carbocycles. The molecule has 3 heterocycles. The average Bonchev–Trinajstić information content (AvgIpc) is 2.60. The summed E-state index contributed by atoms with van der Waals surface area (Å²) in [5.74, 6) is 1.33. The third-order valence-electron chi connectivity index (χ3n) is 5.28. The topological polar surface area (TPSA) is 57.6 Å². The summed E-state index contributed by atoms with van der Waals surface area (Å²) in [7, 11) is 0. The van der Waals surface area contributed by atoms with Gasteiger partial charge >= 0.3 is 0 Å². The molecule has 8 heteroatoms. The van der Waals surface area contributed by atoms with Gasteiger partial charge in [-0.1, -0.05) is 6.92 Å². The molecule has 25 heavy (non-hydrogen) atoms. The minimum Gasteiger partial charge on any atom is -0.377 e. The van der Waals surface area contributed by atoms with Gasteiger partial charge in [-0.2, -0.15) is 15.0 Å².